The Morgan fingerprint density at radius 3 is 1.93 bits per heavy atom. The third-order valence-corrected chi connectivity index (χ3v) is 1.77. The highest BCUT2D eigenvalue weighted by molar-refractivity contribution is 5.82. The Morgan fingerprint density at radius 2 is 1.67 bits per heavy atom. The van der Waals surface area contributed by atoms with Gasteiger partial charge in [-0.2, -0.15) is 14.7 Å². The zero-order chi connectivity index (χ0) is 11.8. The molecule has 9 heteroatoms. The standard InChI is InChI=1S/C6H8N4O5/c1-3(11)5(9-14)6(10-15)4(8-13)2-7-12/h4-6H,2H2,1H3. The third-order valence-electron chi connectivity index (χ3n) is 1.77. The van der Waals surface area contributed by atoms with Crippen molar-refractivity contribution in [3.8, 4) is 0 Å². The Hall–Kier alpha value is -1.93. The van der Waals surface area contributed by atoms with Crippen molar-refractivity contribution in [1.82, 2.24) is 0 Å². The molecule has 0 saturated heterocycles. The molecule has 0 heterocycles. The SMILES string of the molecule is CC(=O)C(N=O)C(N=O)C(CN=O)N=O. The molecule has 0 aromatic heterocycles. The van der Waals surface area contributed by atoms with E-state index in [2.05, 4.69) is 20.7 Å². The molecular weight excluding hydrogens is 208 g/mol. The molecule has 9 nitrogen and oxygen atoms in total. The molecule has 0 amide bonds. The molecule has 15 heavy (non-hydrogen) atoms. The summed E-state index contributed by atoms with van der Waals surface area (Å²) >= 11 is 0. The molecule has 0 fully saturated rings. The van der Waals surface area contributed by atoms with Gasteiger partial charge in [0, 0.05) is 0 Å². The van der Waals surface area contributed by atoms with E-state index in [0.717, 1.165) is 6.92 Å². The van der Waals surface area contributed by atoms with Gasteiger partial charge in [0.25, 0.3) is 0 Å². The van der Waals surface area contributed by atoms with Gasteiger partial charge in [-0.1, -0.05) is 20.7 Å². The van der Waals surface area contributed by atoms with Crippen LogP contribution in [0.25, 0.3) is 0 Å². The van der Waals surface area contributed by atoms with Crippen LogP contribution < -0.4 is 0 Å². The predicted octanol–water partition coefficient (Wildman–Crippen LogP) is 0.747. The summed E-state index contributed by atoms with van der Waals surface area (Å²) in [5, 5.41) is 9.55. The lowest BCUT2D eigenvalue weighted by Crippen LogP contribution is -2.39. The minimum absolute atomic E-state index is 0.626. The zero-order valence-electron chi connectivity index (χ0n) is 7.77. The summed E-state index contributed by atoms with van der Waals surface area (Å²) in [4.78, 5) is 51.6. The van der Waals surface area contributed by atoms with Crippen LogP contribution in [0.15, 0.2) is 20.7 Å². The van der Waals surface area contributed by atoms with E-state index in [9.17, 15) is 24.4 Å². The van der Waals surface area contributed by atoms with E-state index in [1.807, 2.05) is 0 Å². The molecule has 3 atom stereocenters. The summed E-state index contributed by atoms with van der Waals surface area (Å²) in [6, 6.07) is -4.62. The number of nitrogens with zero attached hydrogens (tertiary/aromatic N) is 4. The highest BCUT2D eigenvalue weighted by Crippen LogP contribution is 2.13. The Bertz CT molecular complexity index is 281. The molecule has 0 radical (unpaired) electrons. The van der Waals surface area contributed by atoms with Gasteiger partial charge in [-0.25, -0.2) is 0 Å². The van der Waals surface area contributed by atoms with E-state index in [4.69, 9.17) is 0 Å². The number of Topliss-reactive ketones (excluding diaryl/α,β-unsaturated/α-hetero) is 1. The molecule has 0 saturated carbocycles. The molecule has 0 N–H and O–H groups in total. The number of carbonyl (C=O) groups excluding carboxylic acids is 1. The van der Waals surface area contributed by atoms with Gasteiger partial charge in [0.1, 0.15) is 12.6 Å². The summed E-state index contributed by atoms with van der Waals surface area (Å²) < 4.78 is 0. The molecule has 0 bridgehead atoms. The van der Waals surface area contributed by atoms with Crippen LogP contribution in [-0.2, 0) is 4.79 Å². The summed E-state index contributed by atoms with van der Waals surface area (Å²) in [7, 11) is 0. The fraction of sp³-hybridized carbons (Fsp3) is 0.833. The number of carbonyl (C=O) groups is 1. The molecule has 0 aliphatic rings. The number of nitroso groups, excluding NO2 is 4. The van der Waals surface area contributed by atoms with E-state index in [-0.39, 0.29) is 0 Å². The van der Waals surface area contributed by atoms with Gasteiger partial charge in [-0.3, -0.25) is 4.79 Å². The van der Waals surface area contributed by atoms with Crippen molar-refractivity contribution < 1.29 is 4.79 Å². The van der Waals surface area contributed by atoms with Crippen LogP contribution >= 0.6 is 0 Å². The Kier molecular flexibility index (Phi) is 5.67. The predicted molar refractivity (Wildman–Crippen MR) is 50.1 cm³/mol. The van der Waals surface area contributed by atoms with Crippen molar-refractivity contribution >= 4 is 5.78 Å². The maximum absolute atomic E-state index is 10.9. The smallest absolute Gasteiger partial charge is 0.178 e. The number of hydrogen-bond acceptors (Lipinski definition) is 9. The highest BCUT2D eigenvalue weighted by Gasteiger charge is 2.36. The minimum Gasteiger partial charge on any atom is -0.297 e. The first-order valence-corrected chi connectivity index (χ1v) is 3.89. The van der Waals surface area contributed by atoms with Gasteiger partial charge in [0.15, 0.2) is 17.9 Å². The van der Waals surface area contributed by atoms with Crippen molar-refractivity contribution in [3.63, 3.8) is 0 Å². The summed E-state index contributed by atoms with van der Waals surface area (Å²) in [5.74, 6) is -0.728. The van der Waals surface area contributed by atoms with Gasteiger partial charge in [0.2, 0.25) is 0 Å². The van der Waals surface area contributed by atoms with E-state index in [1.54, 1.807) is 0 Å². The molecule has 0 aliphatic carbocycles. The lowest BCUT2D eigenvalue weighted by Gasteiger charge is -2.14. The van der Waals surface area contributed by atoms with E-state index < -0.39 is 30.5 Å². The van der Waals surface area contributed by atoms with Gasteiger partial charge < -0.3 is 0 Å². The van der Waals surface area contributed by atoms with Crippen LogP contribution in [0.1, 0.15) is 6.92 Å². The summed E-state index contributed by atoms with van der Waals surface area (Å²) in [6.07, 6.45) is 0. The lowest BCUT2D eigenvalue weighted by molar-refractivity contribution is -0.118. The number of hydrogen-bond donors (Lipinski definition) is 0. The van der Waals surface area contributed by atoms with Crippen LogP contribution in [0.5, 0.6) is 0 Å². The molecule has 0 aromatic carbocycles. The Labute approximate surface area is 83.5 Å². The highest BCUT2D eigenvalue weighted by atomic mass is 16.3. The van der Waals surface area contributed by atoms with Crippen molar-refractivity contribution in [2.75, 3.05) is 6.54 Å². The normalized spacial score (nSPS) is 15.8. The quantitative estimate of drug-likeness (QED) is 0.551. The summed E-state index contributed by atoms with van der Waals surface area (Å²) in [6.45, 7) is 0.389. The largest absolute Gasteiger partial charge is 0.297 e. The van der Waals surface area contributed by atoms with Crippen molar-refractivity contribution in [3.05, 3.63) is 19.6 Å². The molecule has 0 aliphatic heterocycles. The van der Waals surface area contributed by atoms with Crippen LogP contribution in [0.2, 0.25) is 0 Å². The Morgan fingerprint density at radius 1 is 1.07 bits per heavy atom. The second-order valence-electron chi connectivity index (χ2n) is 2.74. The van der Waals surface area contributed by atoms with Crippen LogP contribution in [0.3, 0.4) is 0 Å². The molecular formula is C6H8N4O5. The lowest BCUT2D eigenvalue weighted by atomic mass is 9.99. The van der Waals surface area contributed by atoms with Gasteiger partial charge in [-0.05, 0) is 6.92 Å². The maximum Gasteiger partial charge on any atom is 0.178 e. The van der Waals surface area contributed by atoms with Crippen LogP contribution in [-0.4, -0.2) is 30.5 Å². The fourth-order valence-electron chi connectivity index (χ4n) is 0.995. The second kappa shape index (κ2) is 6.51. The average molecular weight is 216 g/mol. The van der Waals surface area contributed by atoms with Crippen LogP contribution in [0, 0.1) is 19.6 Å². The average Bonchev–Trinajstić information content (AvgIpc) is 2.22. The maximum atomic E-state index is 10.9. The van der Waals surface area contributed by atoms with Crippen molar-refractivity contribution in [2.45, 2.75) is 25.0 Å². The Balaban J connectivity index is 4.90. The third kappa shape index (κ3) is 3.37. The topological polar surface area (TPSA) is 135 Å². The number of rotatable bonds is 8. The number of ketones is 1. The molecule has 0 spiro atoms. The second-order valence-corrected chi connectivity index (χ2v) is 2.74. The first-order chi connectivity index (χ1) is 7.12. The van der Waals surface area contributed by atoms with Gasteiger partial charge in [0.05, 0.1) is 0 Å². The first kappa shape index (κ1) is 13.1. The fourth-order valence-corrected chi connectivity index (χ4v) is 0.995. The van der Waals surface area contributed by atoms with E-state index in [1.165, 1.54) is 0 Å². The molecule has 3 unspecified atom stereocenters. The van der Waals surface area contributed by atoms with Gasteiger partial charge >= 0.3 is 0 Å². The van der Waals surface area contributed by atoms with E-state index >= 15 is 0 Å². The first-order valence-electron chi connectivity index (χ1n) is 3.89. The molecule has 0 rings (SSSR count). The van der Waals surface area contributed by atoms with Gasteiger partial charge in [-0.15, -0.1) is 4.91 Å². The van der Waals surface area contributed by atoms with Crippen molar-refractivity contribution in [1.29, 1.82) is 0 Å². The molecule has 82 valence electrons. The zero-order valence-corrected chi connectivity index (χ0v) is 7.77. The van der Waals surface area contributed by atoms with E-state index in [0.29, 0.717) is 0 Å². The monoisotopic (exact) mass is 216 g/mol. The van der Waals surface area contributed by atoms with Crippen LogP contribution in [0.4, 0.5) is 0 Å². The molecule has 0 aromatic rings. The summed E-state index contributed by atoms with van der Waals surface area (Å²) in [5.41, 5.74) is 0. The minimum atomic E-state index is -1.60. The van der Waals surface area contributed by atoms with Crippen molar-refractivity contribution in [2.24, 2.45) is 20.7 Å².